The fraction of sp³-hybridized carbons (Fsp3) is 0.263. The Morgan fingerprint density at radius 1 is 1.24 bits per heavy atom. The van der Waals surface area contributed by atoms with E-state index in [-0.39, 0.29) is 6.42 Å². The summed E-state index contributed by atoms with van der Waals surface area (Å²) in [6.07, 6.45) is 0.217. The van der Waals surface area contributed by atoms with Crippen molar-refractivity contribution >= 4 is 39.1 Å². The fourth-order valence-electron chi connectivity index (χ4n) is 2.97. The summed E-state index contributed by atoms with van der Waals surface area (Å²) < 4.78 is 0. The number of benzene rings is 2. The molecular formula is C19H22N4O2. The molecule has 0 saturated heterocycles. The molecule has 130 valence electrons. The molecule has 0 fully saturated rings. The highest BCUT2D eigenvalue weighted by Gasteiger charge is 2.18. The molecule has 1 heterocycles. The Bertz CT molecular complexity index is 953. The molecule has 3 aromatic rings. The van der Waals surface area contributed by atoms with Crippen LogP contribution in [0.1, 0.15) is 5.56 Å². The van der Waals surface area contributed by atoms with Crippen LogP contribution in [0.4, 0.5) is 11.4 Å². The molecule has 4 N–H and O–H groups in total. The number of aliphatic carboxylic acids is 1. The first-order valence-corrected chi connectivity index (χ1v) is 8.10. The summed E-state index contributed by atoms with van der Waals surface area (Å²) in [5.41, 5.74) is 10.2. The van der Waals surface area contributed by atoms with Gasteiger partial charge in [0.2, 0.25) is 0 Å². The molecule has 0 bridgehead atoms. The van der Waals surface area contributed by atoms with Crippen LogP contribution < -0.4 is 16.0 Å². The smallest absolute Gasteiger partial charge is 0.320 e. The zero-order valence-corrected chi connectivity index (χ0v) is 14.6. The number of pyridine rings is 1. The standard InChI is InChI=1S/C19H22N4O2/c1-21-16-7-5-12-8-11-4-6-13(23(2)3)9-17(11)22-18(12)14(16)10-15(20)19(24)25/h4-9,15,21H,10,20H2,1-3H3,(H,24,25). The first-order chi connectivity index (χ1) is 11.9. The highest BCUT2D eigenvalue weighted by molar-refractivity contribution is 5.97. The predicted octanol–water partition coefficient (Wildman–Crippen LogP) is 2.45. The van der Waals surface area contributed by atoms with Gasteiger partial charge in [-0.3, -0.25) is 4.79 Å². The zero-order valence-electron chi connectivity index (χ0n) is 14.6. The summed E-state index contributed by atoms with van der Waals surface area (Å²) >= 11 is 0. The first kappa shape index (κ1) is 17.0. The van der Waals surface area contributed by atoms with Gasteiger partial charge in [0.1, 0.15) is 6.04 Å². The van der Waals surface area contributed by atoms with Crippen LogP contribution in [0.5, 0.6) is 0 Å². The lowest BCUT2D eigenvalue weighted by Gasteiger charge is -2.16. The van der Waals surface area contributed by atoms with Crippen LogP contribution in [0.15, 0.2) is 36.4 Å². The Morgan fingerprint density at radius 3 is 2.60 bits per heavy atom. The summed E-state index contributed by atoms with van der Waals surface area (Å²) in [4.78, 5) is 18.1. The number of rotatable bonds is 5. The van der Waals surface area contributed by atoms with Gasteiger partial charge in [0, 0.05) is 55.3 Å². The Kier molecular flexibility index (Phi) is 4.46. The van der Waals surface area contributed by atoms with Gasteiger partial charge >= 0.3 is 5.97 Å². The van der Waals surface area contributed by atoms with Gasteiger partial charge in [-0.25, -0.2) is 4.98 Å². The summed E-state index contributed by atoms with van der Waals surface area (Å²) in [6, 6.07) is 11.2. The van der Waals surface area contributed by atoms with Gasteiger partial charge in [0.25, 0.3) is 0 Å². The van der Waals surface area contributed by atoms with Crippen molar-refractivity contribution in [1.29, 1.82) is 0 Å². The molecule has 0 aliphatic rings. The molecule has 1 unspecified atom stereocenters. The molecule has 6 heteroatoms. The third-order valence-electron chi connectivity index (χ3n) is 4.40. The van der Waals surface area contributed by atoms with Crippen molar-refractivity contribution in [2.45, 2.75) is 12.5 Å². The van der Waals surface area contributed by atoms with E-state index in [0.29, 0.717) is 0 Å². The highest BCUT2D eigenvalue weighted by Crippen LogP contribution is 2.30. The van der Waals surface area contributed by atoms with E-state index >= 15 is 0 Å². The molecule has 3 rings (SSSR count). The molecule has 6 nitrogen and oxygen atoms in total. The van der Waals surface area contributed by atoms with Gasteiger partial charge in [-0.15, -0.1) is 0 Å². The lowest BCUT2D eigenvalue weighted by Crippen LogP contribution is -2.32. The average Bonchev–Trinajstić information content (AvgIpc) is 2.59. The number of nitrogens with one attached hydrogen (secondary N) is 1. The Morgan fingerprint density at radius 2 is 1.96 bits per heavy atom. The minimum absolute atomic E-state index is 0.217. The monoisotopic (exact) mass is 338 g/mol. The number of hydrogen-bond donors (Lipinski definition) is 3. The van der Waals surface area contributed by atoms with Crippen molar-refractivity contribution < 1.29 is 9.90 Å². The number of carboxylic acid groups (broad SMARTS) is 1. The summed E-state index contributed by atoms with van der Waals surface area (Å²) in [5, 5.41) is 14.3. The second-order valence-electron chi connectivity index (χ2n) is 6.32. The van der Waals surface area contributed by atoms with Crippen LogP contribution in [-0.2, 0) is 11.2 Å². The Balaban J connectivity index is 2.24. The van der Waals surface area contributed by atoms with Crippen molar-refractivity contribution in [3.05, 3.63) is 42.0 Å². The minimum Gasteiger partial charge on any atom is -0.480 e. The number of anilines is 2. The maximum Gasteiger partial charge on any atom is 0.320 e. The number of nitrogens with two attached hydrogens (primary N) is 1. The van der Waals surface area contributed by atoms with E-state index < -0.39 is 12.0 Å². The van der Waals surface area contributed by atoms with Crippen molar-refractivity contribution in [2.75, 3.05) is 31.4 Å². The van der Waals surface area contributed by atoms with E-state index in [9.17, 15) is 9.90 Å². The van der Waals surface area contributed by atoms with E-state index in [2.05, 4.69) is 17.4 Å². The van der Waals surface area contributed by atoms with E-state index in [1.54, 1.807) is 0 Å². The quantitative estimate of drug-likeness (QED) is 0.619. The molecule has 0 aliphatic heterocycles. The van der Waals surface area contributed by atoms with Crippen molar-refractivity contribution in [3.8, 4) is 0 Å². The molecule has 1 aromatic heterocycles. The van der Waals surface area contributed by atoms with Crippen LogP contribution in [0.2, 0.25) is 0 Å². The van der Waals surface area contributed by atoms with Gasteiger partial charge in [0.05, 0.1) is 11.0 Å². The largest absolute Gasteiger partial charge is 0.480 e. The van der Waals surface area contributed by atoms with Gasteiger partial charge in [0.15, 0.2) is 0 Å². The fourth-order valence-corrected chi connectivity index (χ4v) is 2.97. The molecular weight excluding hydrogens is 316 g/mol. The van der Waals surface area contributed by atoms with Crippen LogP contribution in [0, 0.1) is 0 Å². The van der Waals surface area contributed by atoms with E-state index in [1.165, 1.54) is 0 Å². The van der Waals surface area contributed by atoms with E-state index in [4.69, 9.17) is 10.7 Å². The number of aromatic nitrogens is 1. The Hall–Kier alpha value is -2.86. The maximum atomic E-state index is 11.2. The lowest BCUT2D eigenvalue weighted by atomic mass is 9.99. The third kappa shape index (κ3) is 3.21. The Labute approximate surface area is 146 Å². The average molecular weight is 338 g/mol. The topological polar surface area (TPSA) is 91.5 Å². The SMILES string of the molecule is CNc1ccc2cc3ccc(N(C)C)cc3nc2c1CC(N)C(=O)O. The molecule has 0 saturated carbocycles. The third-order valence-corrected chi connectivity index (χ3v) is 4.40. The molecule has 0 spiro atoms. The summed E-state index contributed by atoms with van der Waals surface area (Å²) in [6.45, 7) is 0. The second kappa shape index (κ2) is 6.57. The zero-order chi connectivity index (χ0) is 18.1. The number of carboxylic acids is 1. The maximum absolute atomic E-state index is 11.2. The van der Waals surface area contributed by atoms with Gasteiger partial charge in [-0.2, -0.15) is 0 Å². The molecule has 1 atom stereocenters. The van der Waals surface area contributed by atoms with E-state index in [1.807, 2.05) is 50.3 Å². The van der Waals surface area contributed by atoms with Crippen molar-refractivity contribution in [2.24, 2.45) is 5.73 Å². The van der Waals surface area contributed by atoms with E-state index in [0.717, 1.165) is 38.7 Å². The lowest BCUT2D eigenvalue weighted by molar-refractivity contribution is -0.138. The minimum atomic E-state index is -1.02. The van der Waals surface area contributed by atoms with Crippen molar-refractivity contribution in [3.63, 3.8) is 0 Å². The van der Waals surface area contributed by atoms with Crippen molar-refractivity contribution in [1.82, 2.24) is 4.98 Å². The number of nitrogens with zero attached hydrogens (tertiary/aromatic N) is 2. The highest BCUT2D eigenvalue weighted by atomic mass is 16.4. The van der Waals surface area contributed by atoms with Gasteiger partial charge in [-0.1, -0.05) is 12.1 Å². The van der Waals surface area contributed by atoms with Gasteiger partial charge < -0.3 is 21.1 Å². The van der Waals surface area contributed by atoms with Crippen LogP contribution in [0.3, 0.4) is 0 Å². The van der Waals surface area contributed by atoms with Crippen LogP contribution in [-0.4, -0.2) is 43.2 Å². The van der Waals surface area contributed by atoms with Crippen LogP contribution in [0.25, 0.3) is 21.8 Å². The summed E-state index contributed by atoms with van der Waals surface area (Å²) in [7, 11) is 5.78. The normalized spacial score (nSPS) is 12.3. The molecule has 25 heavy (non-hydrogen) atoms. The molecule has 2 aromatic carbocycles. The number of fused-ring (bicyclic) bond motifs is 2. The molecule has 0 radical (unpaired) electrons. The predicted molar refractivity (Wildman–Crippen MR) is 102 cm³/mol. The summed E-state index contributed by atoms with van der Waals surface area (Å²) in [5.74, 6) is -1.02. The molecule has 0 amide bonds. The first-order valence-electron chi connectivity index (χ1n) is 8.10. The number of carbonyl (C=O) groups is 1. The number of hydrogen-bond acceptors (Lipinski definition) is 5. The molecule has 0 aliphatic carbocycles. The van der Waals surface area contributed by atoms with Crippen LogP contribution >= 0.6 is 0 Å². The second-order valence-corrected chi connectivity index (χ2v) is 6.32. The van der Waals surface area contributed by atoms with Gasteiger partial charge in [-0.05, 0) is 24.3 Å².